The summed E-state index contributed by atoms with van der Waals surface area (Å²) in [6, 6.07) is -0.648. The first-order valence-corrected chi connectivity index (χ1v) is 8.33. The van der Waals surface area contributed by atoms with Crippen LogP contribution in [0.4, 0.5) is 4.79 Å². The van der Waals surface area contributed by atoms with Crippen molar-refractivity contribution in [1.82, 2.24) is 20.4 Å². The lowest BCUT2D eigenvalue weighted by atomic mass is 10.1. The van der Waals surface area contributed by atoms with E-state index in [1.165, 1.54) is 0 Å². The first-order valence-electron chi connectivity index (χ1n) is 8.33. The molecule has 0 bridgehead atoms. The molecule has 3 amide bonds. The average Bonchev–Trinajstić information content (AvgIpc) is 2.86. The van der Waals surface area contributed by atoms with Gasteiger partial charge in [0.15, 0.2) is 0 Å². The van der Waals surface area contributed by atoms with E-state index in [0.29, 0.717) is 32.8 Å². The molecular weight excluding hydrogens is 300 g/mol. The molecule has 0 aliphatic carbocycles. The maximum atomic E-state index is 11.7. The minimum atomic E-state index is -0.715. The van der Waals surface area contributed by atoms with Gasteiger partial charge in [0.1, 0.15) is 6.10 Å². The molecule has 0 unspecified atom stereocenters. The number of nitrogens with one attached hydrogen (secondary N) is 2. The summed E-state index contributed by atoms with van der Waals surface area (Å²) in [7, 11) is 0. The zero-order valence-corrected chi connectivity index (χ0v) is 14.0. The smallest absolute Gasteiger partial charge is 0.315 e. The van der Waals surface area contributed by atoms with Crippen LogP contribution in [0.25, 0.3) is 0 Å². The zero-order valence-electron chi connectivity index (χ0n) is 14.0. The number of hydrogen-bond acceptors (Lipinski definition) is 5. The number of amides is 3. The Morgan fingerprint density at radius 2 is 1.96 bits per heavy atom. The molecule has 23 heavy (non-hydrogen) atoms. The molecule has 2 heterocycles. The van der Waals surface area contributed by atoms with Crippen molar-refractivity contribution in [3.05, 3.63) is 0 Å². The summed E-state index contributed by atoms with van der Waals surface area (Å²) in [4.78, 5) is 27.0. The van der Waals surface area contributed by atoms with Crippen molar-refractivity contribution >= 4 is 11.9 Å². The second kappa shape index (κ2) is 8.47. The highest BCUT2D eigenvalue weighted by atomic mass is 16.5. The molecule has 132 valence electrons. The Labute approximate surface area is 137 Å². The second-order valence-electron chi connectivity index (χ2n) is 6.18. The van der Waals surface area contributed by atoms with Gasteiger partial charge in [-0.2, -0.15) is 0 Å². The normalized spacial score (nSPS) is 28.7. The summed E-state index contributed by atoms with van der Waals surface area (Å²) >= 11 is 0. The van der Waals surface area contributed by atoms with Crippen molar-refractivity contribution < 1.29 is 19.4 Å². The van der Waals surface area contributed by atoms with Crippen LogP contribution in [0.1, 0.15) is 20.3 Å². The summed E-state index contributed by atoms with van der Waals surface area (Å²) in [5, 5.41) is 15.8. The van der Waals surface area contributed by atoms with Crippen LogP contribution in [0.5, 0.6) is 0 Å². The molecule has 0 aromatic carbocycles. The van der Waals surface area contributed by atoms with Crippen molar-refractivity contribution in [2.45, 2.75) is 38.5 Å². The highest BCUT2D eigenvalue weighted by molar-refractivity contribution is 5.74. The number of urea groups is 1. The Balaban J connectivity index is 1.73. The summed E-state index contributed by atoms with van der Waals surface area (Å²) in [6.45, 7) is 8.08. The Morgan fingerprint density at radius 1 is 1.26 bits per heavy atom. The van der Waals surface area contributed by atoms with Crippen molar-refractivity contribution in [2.24, 2.45) is 0 Å². The molecule has 0 aromatic heterocycles. The number of piperazine rings is 1. The van der Waals surface area contributed by atoms with Crippen molar-refractivity contribution in [1.29, 1.82) is 0 Å². The van der Waals surface area contributed by atoms with Gasteiger partial charge in [0, 0.05) is 46.2 Å². The SMILES string of the molecule is CCCNC(=O)N[C@H]1CO[C@@H](CN2CCN(C(C)=O)CC2)[C@@H]1O. The van der Waals surface area contributed by atoms with E-state index < -0.39 is 6.10 Å². The largest absolute Gasteiger partial charge is 0.388 e. The van der Waals surface area contributed by atoms with E-state index in [-0.39, 0.29) is 24.1 Å². The monoisotopic (exact) mass is 328 g/mol. The van der Waals surface area contributed by atoms with Gasteiger partial charge in [-0.3, -0.25) is 9.69 Å². The average molecular weight is 328 g/mol. The van der Waals surface area contributed by atoms with E-state index in [1.54, 1.807) is 6.92 Å². The van der Waals surface area contributed by atoms with Crippen molar-refractivity contribution in [3.8, 4) is 0 Å². The van der Waals surface area contributed by atoms with Crippen LogP contribution < -0.4 is 10.6 Å². The van der Waals surface area contributed by atoms with Gasteiger partial charge in [-0.05, 0) is 6.42 Å². The fourth-order valence-corrected chi connectivity index (χ4v) is 2.93. The number of aliphatic hydroxyl groups excluding tert-OH is 1. The second-order valence-corrected chi connectivity index (χ2v) is 6.18. The molecule has 2 aliphatic rings. The third kappa shape index (κ3) is 5.05. The van der Waals surface area contributed by atoms with Crippen molar-refractivity contribution in [2.75, 3.05) is 45.9 Å². The minimum absolute atomic E-state index is 0.101. The number of nitrogens with zero attached hydrogens (tertiary/aromatic N) is 2. The molecule has 0 spiro atoms. The topological polar surface area (TPSA) is 94.1 Å². The van der Waals surface area contributed by atoms with Gasteiger partial charge < -0.3 is 25.4 Å². The Morgan fingerprint density at radius 3 is 2.57 bits per heavy atom. The number of rotatable bonds is 5. The standard InChI is InChI=1S/C15H28N4O4/c1-3-4-16-15(22)17-12-10-23-13(14(12)21)9-18-5-7-19(8-6-18)11(2)20/h12-14,21H,3-10H2,1-2H3,(H2,16,17,22)/t12-,13-,14+/m0/s1. The van der Waals surface area contributed by atoms with Crippen LogP contribution in [0.15, 0.2) is 0 Å². The first-order chi connectivity index (χ1) is 11.0. The predicted molar refractivity (Wildman–Crippen MR) is 85.1 cm³/mol. The number of hydrogen-bond donors (Lipinski definition) is 3. The third-order valence-electron chi connectivity index (χ3n) is 4.39. The Bertz CT molecular complexity index is 412. The maximum absolute atomic E-state index is 11.7. The van der Waals surface area contributed by atoms with Crippen molar-refractivity contribution in [3.63, 3.8) is 0 Å². The fourth-order valence-electron chi connectivity index (χ4n) is 2.93. The predicted octanol–water partition coefficient (Wildman–Crippen LogP) is -1.01. The van der Waals surface area contributed by atoms with Crippen LogP contribution in [0.3, 0.4) is 0 Å². The van der Waals surface area contributed by atoms with Gasteiger partial charge in [0.05, 0.1) is 18.8 Å². The van der Waals surface area contributed by atoms with E-state index in [4.69, 9.17) is 4.74 Å². The third-order valence-corrected chi connectivity index (χ3v) is 4.39. The summed E-state index contributed by atoms with van der Waals surface area (Å²) in [5.41, 5.74) is 0. The van der Waals surface area contributed by atoms with E-state index in [9.17, 15) is 14.7 Å². The van der Waals surface area contributed by atoms with Crippen LogP contribution in [0, 0.1) is 0 Å². The molecule has 3 atom stereocenters. The van der Waals surface area contributed by atoms with E-state index >= 15 is 0 Å². The zero-order chi connectivity index (χ0) is 16.8. The van der Waals surface area contributed by atoms with Gasteiger partial charge in [-0.15, -0.1) is 0 Å². The highest BCUT2D eigenvalue weighted by Crippen LogP contribution is 2.16. The summed E-state index contributed by atoms with van der Waals surface area (Å²) in [5.74, 6) is 0.101. The molecule has 0 saturated carbocycles. The van der Waals surface area contributed by atoms with E-state index in [1.807, 2.05) is 11.8 Å². The quantitative estimate of drug-likeness (QED) is 0.601. The van der Waals surface area contributed by atoms with Gasteiger partial charge in [-0.1, -0.05) is 6.92 Å². The number of aliphatic hydroxyl groups is 1. The van der Waals surface area contributed by atoms with E-state index in [2.05, 4.69) is 15.5 Å². The first kappa shape index (κ1) is 18.0. The molecule has 0 aromatic rings. The van der Waals surface area contributed by atoms with Crippen LogP contribution in [-0.2, 0) is 9.53 Å². The lowest BCUT2D eigenvalue weighted by Gasteiger charge is -2.35. The molecule has 8 heteroatoms. The molecule has 2 rings (SSSR count). The summed E-state index contributed by atoms with van der Waals surface area (Å²) in [6.07, 6.45) is -0.157. The summed E-state index contributed by atoms with van der Waals surface area (Å²) < 4.78 is 5.65. The van der Waals surface area contributed by atoms with E-state index in [0.717, 1.165) is 19.5 Å². The number of ether oxygens (including phenoxy) is 1. The molecule has 2 saturated heterocycles. The van der Waals surface area contributed by atoms with Crippen LogP contribution >= 0.6 is 0 Å². The molecule has 8 nitrogen and oxygen atoms in total. The Hall–Kier alpha value is -1.38. The highest BCUT2D eigenvalue weighted by Gasteiger charge is 2.38. The fraction of sp³-hybridized carbons (Fsp3) is 0.867. The van der Waals surface area contributed by atoms with Gasteiger partial charge in [0.2, 0.25) is 5.91 Å². The van der Waals surface area contributed by atoms with Gasteiger partial charge in [0.25, 0.3) is 0 Å². The maximum Gasteiger partial charge on any atom is 0.315 e. The molecule has 0 radical (unpaired) electrons. The van der Waals surface area contributed by atoms with Gasteiger partial charge in [-0.25, -0.2) is 4.79 Å². The van der Waals surface area contributed by atoms with Crippen LogP contribution in [0.2, 0.25) is 0 Å². The lowest BCUT2D eigenvalue weighted by molar-refractivity contribution is -0.130. The Kier molecular flexibility index (Phi) is 6.61. The molecule has 2 aliphatic heterocycles. The molecular formula is C15H28N4O4. The van der Waals surface area contributed by atoms with Crippen LogP contribution in [-0.4, -0.2) is 91.0 Å². The molecule has 3 N–H and O–H groups in total. The lowest BCUT2D eigenvalue weighted by Crippen LogP contribution is -2.53. The molecule has 2 fully saturated rings. The van der Waals surface area contributed by atoms with Gasteiger partial charge >= 0.3 is 6.03 Å². The minimum Gasteiger partial charge on any atom is -0.388 e. The number of carbonyl (C=O) groups excluding carboxylic acids is 2. The number of carbonyl (C=O) groups is 2.